The lowest BCUT2D eigenvalue weighted by Gasteiger charge is -2.44. The van der Waals surface area contributed by atoms with E-state index in [0.717, 1.165) is 50.8 Å². The Morgan fingerprint density at radius 3 is 2.61 bits per heavy atom. The average molecular weight is 557 g/mol. The van der Waals surface area contributed by atoms with Gasteiger partial charge in [-0.3, -0.25) is 19.0 Å². The molecule has 0 N–H and O–H groups in total. The number of fused-ring (bicyclic) bond motifs is 3. The van der Waals surface area contributed by atoms with Crippen LogP contribution in [0, 0.1) is 12.3 Å². The quantitative estimate of drug-likeness (QED) is 0.474. The van der Waals surface area contributed by atoms with Gasteiger partial charge in [-0.25, -0.2) is 4.98 Å². The molecule has 0 aliphatic carbocycles. The highest BCUT2D eigenvalue weighted by molar-refractivity contribution is 5.84. The van der Waals surface area contributed by atoms with Gasteiger partial charge in [-0.15, -0.1) is 0 Å². The third-order valence-corrected chi connectivity index (χ3v) is 9.52. The van der Waals surface area contributed by atoms with Crippen LogP contribution in [0.2, 0.25) is 0 Å². The summed E-state index contributed by atoms with van der Waals surface area (Å²) in [4.78, 5) is 49.0. The van der Waals surface area contributed by atoms with E-state index in [1.807, 2.05) is 42.2 Å². The van der Waals surface area contributed by atoms with Crippen molar-refractivity contribution in [3.8, 4) is 5.75 Å². The van der Waals surface area contributed by atoms with Crippen LogP contribution in [0.15, 0.2) is 53.3 Å². The van der Waals surface area contributed by atoms with E-state index in [0.29, 0.717) is 55.8 Å². The zero-order valence-electron chi connectivity index (χ0n) is 24.0. The number of hydrogen-bond acceptors (Lipinski definition) is 5. The minimum absolute atomic E-state index is 0.0315. The van der Waals surface area contributed by atoms with E-state index in [2.05, 4.69) is 22.0 Å². The summed E-state index contributed by atoms with van der Waals surface area (Å²) in [5, 5.41) is 0.570. The van der Waals surface area contributed by atoms with Gasteiger partial charge >= 0.3 is 0 Å². The van der Waals surface area contributed by atoms with Gasteiger partial charge in [0.15, 0.2) is 0 Å². The lowest BCUT2D eigenvalue weighted by molar-refractivity contribution is -0.150. The monoisotopic (exact) mass is 556 g/mol. The molecule has 2 fully saturated rings. The maximum Gasteiger partial charge on any atom is 0.261 e. The molecule has 4 heterocycles. The van der Waals surface area contributed by atoms with E-state index in [1.54, 1.807) is 10.6 Å². The third kappa shape index (κ3) is 5.48. The van der Waals surface area contributed by atoms with Crippen LogP contribution < -0.4 is 10.3 Å². The lowest BCUT2D eigenvalue weighted by atomic mass is 9.72. The van der Waals surface area contributed by atoms with E-state index < -0.39 is 5.41 Å². The molecule has 216 valence electrons. The van der Waals surface area contributed by atoms with Crippen molar-refractivity contribution in [1.29, 1.82) is 0 Å². The summed E-state index contributed by atoms with van der Waals surface area (Å²) in [5.41, 5.74) is 1.39. The highest BCUT2D eigenvalue weighted by Gasteiger charge is 2.46. The number of aromatic nitrogens is 2. The molecular formula is C33H40N4O4. The number of likely N-dealkylation sites (tertiary alicyclic amines) is 1. The van der Waals surface area contributed by atoms with Crippen LogP contribution in [0.25, 0.3) is 10.9 Å². The fourth-order valence-corrected chi connectivity index (χ4v) is 7.06. The summed E-state index contributed by atoms with van der Waals surface area (Å²) in [6.07, 6.45) is 7.38. The van der Waals surface area contributed by atoms with Gasteiger partial charge in [0.05, 0.1) is 22.4 Å². The van der Waals surface area contributed by atoms with Gasteiger partial charge in [0.25, 0.3) is 5.56 Å². The Morgan fingerprint density at radius 1 is 0.976 bits per heavy atom. The number of aryl methyl sites for hydroxylation is 2. The van der Waals surface area contributed by atoms with Crippen LogP contribution in [0.4, 0.5) is 0 Å². The second-order valence-corrected chi connectivity index (χ2v) is 12.0. The third-order valence-electron chi connectivity index (χ3n) is 9.52. The summed E-state index contributed by atoms with van der Waals surface area (Å²) < 4.78 is 7.88. The molecule has 0 radical (unpaired) electrons. The molecule has 8 nitrogen and oxygen atoms in total. The van der Waals surface area contributed by atoms with Crippen molar-refractivity contribution in [3.05, 3.63) is 70.3 Å². The van der Waals surface area contributed by atoms with Crippen LogP contribution in [-0.2, 0) is 22.6 Å². The van der Waals surface area contributed by atoms with Crippen LogP contribution in [0.3, 0.4) is 0 Å². The van der Waals surface area contributed by atoms with E-state index in [-0.39, 0.29) is 29.8 Å². The molecule has 0 bridgehead atoms. The maximum atomic E-state index is 14.2. The molecule has 3 aromatic rings. The maximum absolute atomic E-state index is 14.2. The van der Waals surface area contributed by atoms with Crippen LogP contribution in [0.5, 0.6) is 5.75 Å². The average Bonchev–Trinajstić information content (AvgIpc) is 3.46. The lowest BCUT2D eigenvalue weighted by Crippen LogP contribution is -2.53. The number of piperidine rings is 1. The first-order valence-corrected chi connectivity index (χ1v) is 15.2. The number of hydrogen-bond donors (Lipinski definition) is 0. The predicted molar refractivity (Wildman–Crippen MR) is 158 cm³/mol. The molecule has 8 heteroatoms. The molecule has 2 amide bonds. The number of para-hydroxylation sites is 2. The number of nitrogens with zero attached hydrogens (tertiary/aromatic N) is 4. The minimum atomic E-state index is -0.423. The van der Waals surface area contributed by atoms with Crippen molar-refractivity contribution >= 4 is 22.7 Å². The summed E-state index contributed by atoms with van der Waals surface area (Å²) in [5.74, 6) is 1.86. The second kappa shape index (κ2) is 11.7. The van der Waals surface area contributed by atoms with Gasteiger partial charge in [-0.2, -0.15) is 0 Å². The fraction of sp³-hybridized carbons (Fsp3) is 0.515. The number of carbonyl (C=O) groups is 2. The molecule has 1 spiro atoms. The first-order chi connectivity index (χ1) is 19.9. The SMILES string of the molecule is Cc1nc2ccccc2c(=O)n1CCC(=O)N1CCC2(CCCCc3ccccc3OC[C@@H]3CCCN3C2=O)CC1. The van der Waals surface area contributed by atoms with Gasteiger partial charge in [-0.1, -0.05) is 36.8 Å². The molecule has 2 saturated heterocycles. The summed E-state index contributed by atoms with van der Waals surface area (Å²) in [6, 6.07) is 15.7. The summed E-state index contributed by atoms with van der Waals surface area (Å²) >= 11 is 0. The zero-order chi connectivity index (χ0) is 28.4. The summed E-state index contributed by atoms with van der Waals surface area (Å²) in [6.45, 7) is 4.59. The molecule has 1 aromatic heterocycles. The molecule has 1 atom stereocenters. The number of benzene rings is 2. The molecule has 3 aliphatic rings. The molecule has 0 saturated carbocycles. The summed E-state index contributed by atoms with van der Waals surface area (Å²) in [7, 11) is 0. The molecule has 6 rings (SSSR count). The highest BCUT2D eigenvalue weighted by atomic mass is 16.5. The van der Waals surface area contributed by atoms with E-state index >= 15 is 0 Å². The number of amides is 2. The van der Waals surface area contributed by atoms with Crippen molar-refractivity contribution in [3.63, 3.8) is 0 Å². The molecular weight excluding hydrogens is 516 g/mol. The molecule has 0 unspecified atom stereocenters. The van der Waals surface area contributed by atoms with Crippen molar-refractivity contribution < 1.29 is 14.3 Å². The normalized spacial score (nSPS) is 21.1. The Labute approximate surface area is 241 Å². The standard InChI is InChI=1S/C33H40N4O4/c1-24-34-28-13-4-3-12-27(28)31(39)36(24)20-15-30(38)35-21-17-33(18-22-35)16-7-6-10-25-9-2-5-14-29(25)41-23-26-11-8-19-37(26)32(33)40/h2-5,9,12-14,26H,6-8,10-11,15-23H2,1H3/t26-/m0/s1. The first kappa shape index (κ1) is 27.5. The Morgan fingerprint density at radius 2 is 1.76 bits per heavy atom. The molecule has 41 heavy (non-hydrogen) atoms. The Hall–Kier alpha value is -3.68. The van der Waals surface area contributed by atoms with Crippen LogP contribution in [0.1, 0.15) is 62.8 Å². The van der Waals surface area contributed by atoms with Crippen molar-refractivity contribution in [2.45, 2.75) is 77.3 Å². The van der Waals surface area contributed by atoms with Gasteiger partial charge in [-0.05, 0) is 75.6 Å². The Balaban J connectivity index is 1.13. The molecule has 3 aliphatic heterocycles. The van der Waals surface area contributed by atoms with Crippen molar-refractivity contribution in [2.75, 3.05) is 26.2 Å². The zero-order valence-corrected chi connectivity index (χ0v) is 24.0. The van der Waals surface area contributed by atoms with Crippen molar-refractivity contribution in [1.82, 2.24) is 19.4 Å². The fourth-order valence-electron chi connectivity index (χ4n) is 7.06. The smallest absolute Gasteiger partial charge is 0.261 e. The van der Waals surface area contributed by atoms with Gasteiger partial charge < -0.3 is 14.5 Å². The van der Waals surface area contributed by atoms with Gasteiger partial charge in [0.2, 0.25) is 11.8 Å². The molecule has 2 aromatic carbocycles. The van der Waals surface area contributed by atoms with Crippen molar-refractivity contribution in [2.24, 2.45) is 5.41 Å². The number of ether oxygens (including phenoxy) is 1. The second-order valence-electron chi connectivity index (χ2n) is 12.0. The minimum Gasteiger partial charge on any atom is -0.491 e. The van der Waals surface area contributed by atoms with E-state index in [9.17, 15) is 14.4 Å². The first-order valence-electron chi connectivity index (χ1n) is 15.2. The predicted octanol–water partition coefficient (Wildman–Crippen LogP) is 4.50. The number of carbonyl (C=O) groups excluding carboxylic acids is 2. The topological polar surface area (TPSA) is 84.7 Å². The van der Waals surface area contributed by atoms with Gasteiger partial charge in [0.1, 0.15) is 18.2 Å². The van der Waals surface area contributed by atoms with Crippen LogP contribution in [-0.4, -0.2) is 63.4 Å². The Kier molecular flexibility index (Phi) is 7.82. The van der Waals surface area contributed by atoms with Crippen LogP contribution >= 0.6 is 0 Å². The number of rotatable bonds is 3. The van der Waals surface area contributed by atoms with E-state index in [4.69, 9.17) is 4.74 Å². The van der Waals surface area contributed by atoms with Gasteiger partial charge in [0, 0.05) is 32.6 Å². The largest absolute Gasteiger partial charge is 0.491 e. The van der Waals surface area contributed by atoms with E-state index in [1.165, 1.54) is 5.56 Å². The highest BCUT2D eigenvalue weighted by Crippen LogP contribution is 2.41. The Bertz CT molecular complexity index is 1490.